The number of hydrogen-bond acceptors (Lipinski definition) is 3. The summed E-state index contributed by atoms with van der Waals surface area (Å²) in [5.41, 5.74) is 1.52. The maximum absolute atomic E-state index is 13.1. The molecule has 4 aromatic rings. The van der Waals surface area contributed by atoms with Gasteiger partial charge in [-0.05, 0) is 54.1 Å². The molecule has 0 saturated heterocycles. The van der Waals surface area contributed by atoms with E-state index in [1.165, 1.54) is 12.1 Å². The second kappa shape index (κ2) is 7.93. The van der Waals surface area contributed by atoms with Crippen LogP contribution in [-0.4, -0.2) is 15.5 Å². The molecule has 0 aliphatic rings. The molecule has 1 N–H and O–H groups in total. The zero-order valence-corrected chi connectivity index (χ0v) is 16.2. The zero-order valence-electron chi connectivity index (χ0n) is 15.5. The fourth-order valence-corrected chi connectivity index (χ4v) is 3.16. The largest absolute Gasteiger partial charge is 0.451 e. The lowest BCUT2D eigenvalue weighted by Crippen LogP contribution is -2.30. The van der Waals surface area contributed by atoms with E-state index < -0.39 is 6.04 Å². The summed E-state index contributed by atoms with van der Waals surface area (Å²) >= 11 is 6.00. The molecule has 146 valence electrons. The number of rotatable bonds is 5. The van der Waals surface area contributed by atoms with Gasteiger partial charge in [0.05, 0.1) is 0 Å². The summed E-state index contributed by atoms with van der Waals surface area (Å²) in [5.74, 6) is 0.583. The zero-order chi connectivity index (χ0) is 20.4. The van der Waals surface area contributed by atoms with Gasteiger partial charge in [0.15, 0.2) is 5.76 Å². The number of halogens is 2. The molecule has 0 aliphatic heterocycles. The van der Waals surface area contributed by atoms with Crippen LogP contribution < -0.4 is 5.32 Å². The summed E-state index contributed by atoms with van der Waals surface area (Å²) in [6.45, 7) is 0. The quantitative estimate of drug-likeness (QED) is 0.505. The molecule has 5 nitrogen and oxygen atoms in total. The van der Waals surface area contributed by atoms with Gasteiger partial charge in [0, 0.05) is 30.0 Å². The highest BCUT2D eigenvalue weighted by Gasteiger charge is 2.23. The van der Waals surface area contributed by atoms with Crippen LogP contribution in [0.5, 0.6) is 0 Å². The molecular weight excluding hydrogens is 393 g/mol. The Kier molecular flexibility index (Phi) is 5.18. The Bertz CT molecular complexity index is 1130. The summed E-state index contributed by atoms with van der Waals surface area (Å²) in [6, 6.07) is 15.9. The van der Waals surface area contributed by atoms with Gasteiger partial charge >= 0.3 is 0 Å². The highest BCUT2D eigenvalue weighted by Crippen LogP contribution is 2.25. The van der Waals surface area contributed by atoms with E-state index in [9.17, 15) is 9.18 Å². The van der Waals surface area contributed by atoms with Gasteiger partial charge in [0.2, 0.25) is 0 Å². The number of furan rings is 1. The smallest absolute Gasteiger partial charge is 0.287 e. The fraction of sp³-hybridized carbons (Fsp3) is 0.0909. The van der Waals surface area contributed by atoms with Crippen molar-refractivity contribution in [2.24, 2.45) is 7.05 Å². The number of benzene rings is 2. The predicted octanol–water partition coefficient (Wildman–Crippen LogP) is 4.99. The van der Waals surface area contributed by atoms with Crippen molar-refractivity contribution in [2.75, 3.05) is 0 Å². The van der Waals surface area contributed by atoms with Crippen LogP contribution >= 0.6 is 11.6 Å². The van der Waals surface area contributed by atoms with Crippen LogP contribution in [0.4, 0.5) is 4.39 Å². The van der Waals surface area contributed by atoms with E-state index in [4.69, 9.17) is 16.0 Å². The van der Waals surface area contributed by atoms with Gasteiger partial charge in [-0.1, -0.05) is 23.7 Å². The Morgan fingerprint density at radius 2 is 1.83 bits per heavy atom. The minimum absolute atomic E-state index is 0.150. The number of imidazole rings is 1. The topological polar surface area (TPSA) is 60.1 Å². The molecule has 0 aliphatic carbocycles. The van der Waals surface area contributed by atoms with Crippen LogP contribution in [0.25, 0.3) is 11.3 Å². The second-order valence-electron chi connectivity index (χ2n) is 6.53. The van der Waals surface area contributed by atoms with Crippen molar-refractivity contribution in [1.29, 1.82) is 0 Å². The Labute approximate surface area is 171 Å². The maximum atomic E-state index is 13.1. The number of aryl methyl sites for hydroxylation is 1. The monoisotopic (exact) mass is 409 g/mol. The SMILES string of the molecule is Cn1ccnc1[C@H](NC(=O)c1ccc(-c2ccc(F)cc2)o1)c1ccc(Cl)cc1. The Balaban J connectivity index is 1.61. The minimum Gasteiger partial charge on any atom is -0.451 e. The van der Waals surface area contributed by atoms with Gasteiger partial charge in [-0.15, -0.1) is 0 Å². The first-order valence-corrected chi connectivity index (χ1v) is 9.28. The van der Waals surface area contributed by atoms with Crippen LogP contribution in [0.15, 0.2) is 77.5 Å². The first kappa shape index (κ1) is 19.0. The van der Waals surface area contributed by atoms with Crippen molar-refractivity contribution in [1.82, 2.24) is 14.9 Å². The van der Waals surface area contributed by atoms with Gasteiger partial charge in [0.25, 0.3) is 5.91 Å². The van der Waals surface area contributed by atoms with Crippen molar-refractivity contribution in [3.63, 3.8) is 0 Å². The number of carbonyl (C=O) groups excluding carboxylic acids is 1. The third kappa shape index (κ3) is 4.07. The molecule has 0 spiro atoms. The molecule has 2 heterocycles. The van der Waals surface area contributed by atoms with Gasteiger partial charge in [-0.2, -0.15) is 0 Å². The fourth-order valence-electron chi connectivity index (χ4n) is 3.04. The number of carbonyl (C=O) groups is 1. The van der Waals surface area contributed by atoms with Gasteiger partial charge in [-0.3, -0.25) is 4.79 Å². The van der Waals surface area contributed by atoms with Gasteiger partial charge in [0.1, 0.15) is 23.4 Å². The third-order valence-corrected chi connectivity index (χ3v) is 4.81. The first-order valence-electron chi connectivity index (χ1n) is 8.90. The van der Waals surface area contributed by atoms with Crippen molar-refractivity contribution >= 4 is 17.5 Å². The molecule has 2 aromatic heterocycles. The van der Waals surface area contributed by atoms with Gasteiger partial charge < -0.3 is 14.3 Å². The van der Waals surface area contributed by atoms with Crippen LogP contribution in [0.2, 0.25) is 5.02 Å². The number of nitrogens with one attached hydrogen (secondary N) is 1. The van der Waals surface area contributed by atoms with E-state index >= 15 is 0 Å². The molecular formula is C22H17ClFN3O2. The molecule has 0 bridgehead atoms. The normalized spacial score (nSPS) is 12.0. The molecule has 1 atom stereocenters. The maximum Gasteiger partial charge on any atom is 0.287 e. The molecule has 0 radical (unpaired) electrons. The van der Waals surface area contributed by atoms with Crippen LogP contribution in [0.1, 0.15) is 28.0 Å². The van der Waals surface area contributed by atoms with Gasteiger partial charge in [-0.25, -0.2) is 9.37 Å². The second-order valence-corrected chi connectivity index (χ2v) is 6.96. The first-order chi connectivity index (χ1) is 14.0. The number of nitrogens with zero attached hydrogens (tertiary/aromatic N) is 2. The average Bonchev–Trinajstić information content (AvgIpc) is 3.37. The number of aromatic nitrogens is 2. The molecule has 0 fully saturated rings. The summed E-state index contributed by atoms with van der Waals surface area (Å²) in [6.07, 6.45) is 3.48. The lowest BCUT2D eigenvalue weighted by molar-refractivity contribution is 0.0914. The highest BCUT2D eigenvalue weighted by atomic mass is 35.5. The van der Waals surface area contributed by atoms with Crippen molar-refractivity contribution in [3.05, 3.63) is 101 Å². The van der Waals surface area contributed by atoms with Crippen molar-refractivity contribution in [2.45, 2.75) is 6.04 Å². The molecule has 0 unspecified atom stereocenters. The van der Waals surface area contributed by atoms with Crippen LogP contribution in [-0.2, 0) is 7.05 Å². The molecule has 7 heteroatoms. The molecule has 29 heavy (non-hydrogen) atoms. The van der Waals surface area contributed by atoms with Crippen molar-refractivity contribution in [3.8, 4) is 11.3 Å². The van der Waals surface area contributed by atoms with E-state index in [1.807, 2.05) is 29.9 Å². The summed E-state index contributed by atoms with van der Waals surface area (Å²) in [4.78, 5) is 17.2. The summed E-state index contributed by atoms with van der Waals surface area (Å²) in [5, 5.41) is 3.57. The Morgan fingerprint density at radius 3 is 2.48 bits per heavy atom. The van der Waals surface area contributed by atoms with Crippen LogP contribution in [0, 0.1) is 5.82 Å². The van der Waals surface area contributed by atoms with E-state index in [-0.39, 0.29) is 17.5 Å². The van der Waals surface area contributed by atoms with E-state index in [0.29, 0.717) is 22.2 Å². The third-order valence-electron chi connectivity index (χ3n) is 4.55. The Hall–Kier alpha value is -3.38. The molecule has 2 aromatic carbocycles. The lowest BCUT2D eigenvalue weighted by atomic mass is 10.1. The summed E-state index contributed by atoms with van der Waals surface area (Å²) < 4.78 is 20.7. The predicted molar refractivity (Wildman–Crippen MR) is 108 cm³/mol. The molecule has 1 amide bonds. The van der Waals surface area contributed by atoms with E-state index in [2.05, 4.69) is 10.3 Å². The standard InChI is InChI=1S/C22H17ClFN3O2/c1-27-13-12-25-21(27)20(15-2-6-16(23)7-3-15)26-22(28)19-11-10-18(29-19)14-4-8-17(24)9-5-14/h2-13,20H,1H3,(H,26,28)/t20-/m1/s1. The molecule has 4 rings (SSSR count). The number of hydrogen-bond donors (Lipinski definition) is 1. The van der Waals surface area contributed by atoms with Crippen LogP contribution in [0.3, 0.4) is 0 Å². The molecule has 0 saturated carbocycles. The summed E-state index contributed by atoms with van der Waals surface area (Å²) in [7, 11) is 1.86. The lowest BCUT2D eigenvalue weighted by Gasteiger charge is -2.18. The van der Waals surface area contributed by atoms with Crippen molar-refractivity contribution < 1.29 is 13.6 Å². The van der Waals surface area contributed by atoms with E-state index in [1.54, 1.807) is 42.6 Å². The van der Waals surface area contributed by atoms with E-state index in [0.717, 1.165) is 5.56 Å². The average molecular weight is 410 g/mol. The Morgan fingerprint density at radius 1 is 1.10 bits per heavy atom. The highest BCUT2D eigenvalue weighted by molar-refractivity contribution is 6.30. The minimum atomic E-state index is -0.487. The number of amides is 1.